The molecule has 0 bridgehead atoms. The summed E-state index contributed by atoms with van der Waals surface area (Å²) in [5.74, 6) is 0.433. The van der Waals surface area contributed by atoms with Crippen molar-refractivity contribution in [2.24, 2.45) is 0 Å². The maximum Gasteiger partial charge on any atom is 0.340 e. The summed E-state index contributed by atoms with van der Waals surface area (Å²) in [6, 6.07) is 12.6. The second-order valence-corrected chi connectivity index (χ2v) is 6.03. The third-order valence-electron chi connectivity index (χ3n) is 4.12. The van der Waals surface area contributed by atoms with Crippen molar-refractivity contribution in [3.63, 3.8) is 0 Å². The molecule has 2 aliphatic heterocycles. The van der Waals surface area contributed by atoms with Gasteiger partial charge in [-0.25, -0.2) is 4.79 Å². The number of ether oxygens (including phenoxy) is 4. The molecule has 0 amide bonds. The molecule has 7 heteroatoms. The zero-order chi connectivity index (χ0) is 18.1. The molecular weight excluding hydrogens is 338 g/mol. The number of hydrogen-bond acceptors (Lipinski definition) is 7. The summed E-state index contributed by atoms with van der Waals surface area (Å²) in [7, 11) is 0. The summed E-state index contributed by atoms with van der Waals surface area (Å²) in [6.45, 7) is 1.78. The second kappa shape index (κ2) is 6.59. The third kappa shape index (κ3) is 3.15. The van der Waals surface area contributed by atoms with Crippen LogP contribution >= 0.6 is 0 Å². The number of anilines is 1. The molecule has 4 rings (SSSR count). The molecule has 7 nitrogen and oxygen atoms in total. The normalized spacial score (nSPS) is 20.1. The van der Waals surface area contributed by atoms with Crippen LogP contribution in [0.1, 0.15) is 29.1 Å². The molecule has 134 valence electrons. The molecule has 2 aromatic rings. The molecule has 0 saturated heterocycles. The molecule has 0 aromatic heterocycles. The van der Waals surface area contributed by atoms with Crippen LogP contribution in [-0.4, -0.2) is 31.3 Å². The highest BCUT2D eigenvalue weighted by Gasteiger charge is 2.31. The maximum absolute atomic E-state index is 11.9. The topological polar surface area (TPSA) is 83.1 Å². The molecule has 2 aromatic carbocycles. The Morgan fingerprint density at radius 3 is 2.88 bits per heavy atom. The lowest BCUT2D eigenvalue weighted by Gasteiger charge is -2.26. The highest BCUT2D eigenvalue weighted by atomic mass is 16.6. The van der Waals surface area contributed by atoms with Crippen molar-refractivity contribution in [3.05, 3.63) is 53.6 Å². The number of benzene rings is 2. The number of esters is 2. The van der Waals surface area contributed by atoms with Gasteiger partial charge in [-0.3, -0.25) is 4.79 Å². The van der Waals surface area contributed by atoms with Gasteiger partial charge in [-0.1, -0.05) is 18.2 Å². The van der Waals surface area contributed by atoms with Crippen molar-refractivity contribution in [2.45, 2.75) is 19.3 Å². The van der Waals surface area contributed by atoms with Crippen LogP contribution in [-0.2, 0) is 14.3 Å². The van der Waals surface area contributed by atoms with Crippen LogP contribution in [0.2, 0.25) is 0 Å². The first-order valence-corrected chi connectivity index (χ1v) is 8.23. The molecule has 2 atom stereocenters. The Balaban J connectivity index is 1.49. The number of fused-ring (bicyclic) bond motifs is 2. The van der Waals surface area contributed by atoms with Crippen molar-refractivity contribution in [1.29, 1.82) is 0 Å². The Morgan fingerprint density at radius 2 is 2.04 bits per heavy atom. The second-order valence-electron chi connectivity index (χ2n) is 6.03. The lowest BCUT2D eigenvalue weighted by atomic mass is 10.1. The van der Waals surface area contributed by atoms with E-state index in [-0.39, 0.29) is 24.6 Å². The van der Waals surface area contributed by atoms with Gasteiger partial charge in [-0.2, -0.15) is 0 Å². The van der Waals surface area contributed by atoms with Crippen LogP contribution in [0, 0.1) is 0 Å². The van der Waals surface area contributed by atoms with Gasteiger partial charge in [-0.05, 0) is 18.2 Å². The van der Waals surface area contributed by atoms with Crippen LogP contribution < -0.4 is 14.8 Å². The summed E-state index contributed by atoms with van der Waals surface area (Å²) in [4.78, 5) is 22.9. The highest BCUT2D eigenvalue weighted by Crippen LogP contribution is 2.37. The molecule has 2 unspecified atom stereocenters. The number of carbonyl (C=O) groups excluding carboxylic acids is 2. The van der Waals surface area contributed by atoms with Crippen molar-refractivity contribution < 1.29 is 28.5 Å². The minimum atomic E-state index is -0.557. The van der Waals surface area contributed by atoms with Crippen LogP contribution in [0.5, 0.6) is 11.5 Å². The van der Waals surface area contributed by atoms with E-state index in [4.69, 9.17) is 18.9 Å². The monoisotopic (exact) mass is 355 g/mol. The average Bonchev–Trinajstić information content (AvgIpc) is 2.96. The van der Waals surface area contributed by atoms with Gasteiger partial charge in [0.1, 0.15) is 13.2 Å². The van der Waals surface area contributed by atoms with Crippen LogP contribution in [0.25, 0.3) is 0 Å². The molecule has 0 aliphatic carbocycles. The van der Waals surface area contributed by atoms with Crippen LogP contribution in [0.3, 0.4) is 0 Å². The van der Waals surface area contributed by atoms with Crippen molar-refractivity contribution in [2.75, 3.05) is 18.5 Å². The van der Waals surface area contributed by atoms with E-state index < -0.39 is 6.23 Å². The third-order valence-corrected chi connectivity index (χ3v) is 4.12. The zero-order valence-electron chi connectivity index (χ0n) is 14.1. The smallest absolute Gasteiger partial charge is 0.340 e. The van der Waals surface area contributed by atoms with Gasteiger partial charge in [0.25, 0.3) is 0 Å². The van der Waals surface area contributed by atoms with E-state index >= 15 is 0 Å². The Bertz CT molecular complexity index is 865. The first kappa shape index (κ1) is 16.3. The van der Waals surface area contributed by atoms with E-state index in [1.165, 1.54) is 6.92 Å². The largest absolute Gasteiger partial charge is 0.486 e. The Labute approximate surface area is 149 Å². The molecule has 1 N–H and O–H groups in total. The summed E-state index contributed by atoms with van der Waals surface area (Å²) in [5.41, 5.74) is 2.07. The van der Waals surface area contributed by atoms with Gasteiger partial charge in [-0.15, -0.1) is 0 Å². The predicted octanol–water partition coefficient (Wildman–Crippen LogP) is 2.67. The highest BCUT2D eigenvalue weighted by molar-refractivity contribution is 5.94. The van der Waals surface area contributed by atoms with Gasteiger partial charge in [0.2, 0.25) is 6.23 Å². The summed E-state index contributed by atoms with van der Waals surface area (Å²) in [6.07, 6.45) is -0.926. The minimum Gasteiger partial charge on any atom is -0.486 e. The van der Waals surface area contributed by atoms with E-state index in [1.807, 2.05) is 18.2 Å². The first-order valence-electron chi connectivity index (χ1n) is 8.23. The van der Waals surface area contributed by atoms with Gasteiger partial charge in [0.15, 0.2) is 17.6 Å². The molecule has 0 saturated carbocycles. The minimum absolute atomic E-state index is 0.125. The Hall–Kier alpha value is -3.22. The van der Waals surface area contributed by atoms with E-state index in [0.29, 0.717) is 23.7 Å². The molecule has 2 heterocycles. The van der Waals surface area contributed by atoms with Gasteiger partial charge >= 0.3 is 11.9 Å². The van der Waals surface area contributed by atoms with Crippen molar-refractivity contribution >= 4 is 17.6 Å². The number of nitrogens with one attached hydrogen (secondary N) is 1. The van der Waals surface area contributed by atoms with E-state index in [1.54, 1.807) is 24.3 Å². The quantitative estimate of drug-likeness (QED) is 0.844. The molecule has 0 radical (unpaired) electrons. The van der Waals surface area contributed by atoms with Crippen LogP contribution in [0.4, 0.5) is 5.69 Å². The Morgan fingerprint density at radius 1 is 1.19 bits per heavy atom. The molecule has 26 heavy (non-hydrogen) atoms. The maximum atomic E-state index is 11.9. The summed E-state index contributed by atoms with van der Waals surface area (Å²) in [5, 5.41) is 3.18. The fraction of sp³-hybridized carbons (Fsp3) is 0.263. The number of hydrogen-bond donors (Lipinski definition) is 1. The summed E-state index contributed by atoms with van der Waals surface area (Å²) >= 11 is 0. The molecule has 0 spiro atoms. The van der Waals surface area contributed by atoms with E-state index in [0.717, 1.165) is 11.3 Å². The van der Waals surface area contributed by atoms with Gasteiger partial charge in [0.05, 0.1) is 5.56 Å². The number of cyclic esters (lactones) is 1. The molecular formula is C19H17NO6. The molecule has 0 fully saturated rings. The molecule has 2 aliphatic rings. The van der Waals surface area contributed by atoms with E-state index in [2.05, 4.69) is 5.32 Å². The van der Waals surface area contributed by atoms with Crippen LogP contribution in [0.15, 0.2) is 42.5 Å². The fourth-order valence-electron chi connectivity index (χ4n) is 2.90. The van der Waals surface area contributed by atoms with E-state index in [9.17, 15) is 9.59 Å². The number of rotatable bonds is 4. The van der Waals surface area contributed by atoms with Crippen molar-refractivity contribution in [1.82, 2.24) is 0 Å². The Kier molecular flexibility index (Phi) is 4.12. The predicted molar refractivity (Wildman–Crippen MR) is 91.2 cm³/mol. The number of carbonyl (C=O) groups is 2. The standard InChI is InChI=1S/C19H17NO6/c1-11(21)23-9-13-10-24-16-7-6-12(8-17(16)25-13)20-18-14-4-2-3-5-15(14)19(22)26-18/h2-8,13,18,20H,9-10H2,1H3. The van der Waals surface area contributed by atoms with Crippen molar-refractivity contribution in [3.8, 4) is 11.5 Å². The summed E-state index contributed by atoms with van der Waals surface area (Å²) < 4.78 is 21.8. The SMILES string of the molecule is CC(=O)OCC1COc2ccc(NC3OC(=O)c4ccccc43)cc2O1. The fourth-order valence-corrected chi connectivity index (χ4v) is 2.90. The lowest BCUT2D eigenvalue weighted by molar-refractivity contribution is -0.144. The first-order chi connectivity index (χ1) is 12.6. The van der Waals surface area contributed by atoms with Gasteiger partial charge < -0.3 is 24.3 Å². The lowest BCUT2D eigenvalue weighted by Crippen LogP contribution is -2.34. The average molecular weight is 355 g/mol. The zero-order valence-corrected chi connectivity index (χ0v) is 14.1. The van der Waals surface area contributed by atoms with Gasteiger partial charge in [0, 0.05) is 24.2 Å².